The molecule has 0 aromatic carbocycles. The summed E-state index contributed by atoms with van der Waals surface area (Å²) in [5, 5.41) is 1.02. The van der Waals surface area contributed by atoms with Gasteiger partial charge in [-0.2, -0.15) is 0 Å². The Labute approximate surface area is 140 Å². The number of hydrogen-bond donors (Lipinski definition) is 0. The normalized spacial score (nSPS) is 14.2. The number of amides is 1. The molecule has 1 aliphatic rings. The van der Waals surface area contributed by atoms with Crippen molar-refractivity contribution < 1.29 is 9.21 Å². The van der Waals surface area contributed by atoms with Gasteiger partial charge in [-0.3, -0.25) is 4.79 Å². The molecule has 0 unspecified atom stereocenters. The van der Waals surface area contributed by atoms with Crippen molar-refractivity contribution in [1.82, 2.24) is 14.5 Å². The van der Waals surface area contributed by atoms with Crippen LogP contribution in [-0.4, -0.2) is 33.4 Å². The topological polar surface area (TPSA) is 51.3 Å². The zero-order valence-corrected chi connectivity index (χ0v) is 13.5. The van der Waals surface area contributed by atoms with E-state index in [9.17, 15) is 4.79 Å². The predicted octanol–water partition coefficient (Wildman–Crippen LogP) is 3.34. The lowest BCUT2D eigenvalue weighted by molar-refractivity contribution is -0.130. The summed E-state index contributed by atoms with van der Waals surface area (Å²) in [5.41, 5.74) is 1.72. The van der Waals surface area contributed by atoms with E-state index < -0.39 is 0 Å². The second kappa shape index (κ2) is 6.46. The standard InChI is InChI=1S/C17H17N3O2.ClH/c21-16(19-8-1-2-9-19)12-20-14(15-6-4-10-22-15)11-13-5-3-7-18-17(13)20;/h3-7,10-11H,1-2,8-9,12H2;1H. The molecule has 3 aromatic heterocycles. The maximum atomic E-state index is 12.5. The molecule has 4 rings (SSSR count). The summed E-state index contributed by atoms with van der Waals surface area (Å²) >= 11 is 0. The third kappa shape index (κ3) is 2.84. The fraction of sp³-hybridized carbons (Fsp3) is 0.294. The average molecular weight is 332 g/mol. The van der Waals surface area contributed by atoms with Crippen LogP contribution in [0.5, 0.6) is 0 Å². The Hall–Kier alpha value is -2.27. The molecule has 23 heavy (non-hydrogen) atoms. The Bertz CT molecular complexity index is 804. The number of pyridine rings is 1. The van der Waals surface area contributed by atoms with Gasteiger partial charge < -0.3 is 13.9 Å². The first-order chi connectivity index (χ1) is 10.8. The van der Waals surface area contributed by atoms with Crippen LogP contribution < -0.4 is 0 Å². The first-order valence-corrected chi connectivity index (χ1v) is 7.59. The lowest BCUT2D eigenvalue weighted by Gasteiger charge is -2.17. The van der Waals surface area contributed by atoms with Crippen molar-refractivity contribution in [3.63, 3.8) is 0 Å². The molecule has 1 saturated heterocycles. The molecule has 3 aromatic rings. The highest BCUT2D eigenvalue weighted by Crippen LogP contribution is 2.27. The number of carbonyl (C=O) groups is 1. The fourth-order valence-electron chi connectivity index (χ4n) is 3.08. The number of aromatic nitrogens is 2. The highest BCUT2D eigenvalue weighted by molar-refractivity contribution is 5.86. The molecule has 4 heterocycles. The number of halogens is 1. The van der Waals surface area contributed by atoms with Crippen LogP contribution in [-0.2, 0) is 11.3 Å². The number of hydrogen-bond acceptors (Lipinski definition) is 3. The van der Waals surface area contributed by atoms with Crippen molar-refractivity contribution in [2.75, 3.05) is 13.1 Å². The number of carbonyl (C=O) groups excluding carboxylic acids is 1. The van der Waals surface area contributed by atoms with E-state index in [2.05, 4.69) is 4.98 Å². The van der Waals surface area contributed by atoms with E-state index in [1.165, 1.54) is 0 Å². The van der Waals surface area contributed by atoms with Crippen LogP contribution in [0.4, 0.5) is 0 Å². The Morgan fingerprint density at radius 1 is 1.22 bits per heavy atom. The van der Waals surface area contributed by atoms with Crippen molar-refractivity contribution in [2.24, 2.45) is 0 Å². The molecule has 1 amide bonds. The largest absolute Gasteiger partial charge is 0.463 e. The van der Waals surface area contributed by atoms with Crippen molar-refractivity contribution in [2.45, 2.75) is 19.4 Å². The molecule has 0 radical (unpaired) electrons. The highest BCUT2D eigenvalue weighted by atomic mass is 35.5. The second-order valence-corrected chi connectivity index (χ2v) is 5.60. The Morgan fingerprint density at radius 3 is 2.78 bits per heavy atom. The SMILES string of the molecule is Cl.O=C(Cn1c(-c2ccco2)cc2cccnc21)N1CCCC1. The summed E-state index contributed by atoms with van der Waals surface area (Å²) in [6.45, 7) is 2.03. The van der Waals surface area contributed by atoms with Gasteiger partial charge in [0.1, 0.15) is 18.0 Å². The smallest absolute Gasteiger partial charge is 0.242 e. The molecular formula is C17H18ClN3O2. The maximum absolute atomic E-state index is 12.5. The summed E-state index contributed by atoms with van der Waals surface area (Å²) in [6, 6.07) is 9.70. The Balaban J connectivity index is 0.00000156. The molecule has 6 heteroatoms. The van der Waals surface area contributed by atoms with Gasteiger partial charge in [-0.1, -0.05) is 0 Å². The number of likely N-dealkylation sites (tertiary alicyclic amines) is 1. The van der Waals surface area contributed by atoms with Gasteiger partial charge in [-0.05, 0) is 43.2 Å². The van der Waals surface area contributed by atoms with E-state index in [-0.39, 0.29) is 18.3 Å². The highest BCUT2D eigenvalue weighted by Gasteiger charge is 2.21. The van der Waals surface area contributed by atoms with Gasteiger partial charge in [0, 0.05) is 24.7 Å². The number of nitrogens with zero attached hydrogens (tertiary/aromatic N) is 3. The van der Waals surface area contributed by atoms with Gasteiger partial charge in [-0.25, -0.2) is 4.98 Å². The third-order valence-corrected chi connectivity index (χ3v) is 4.18. The van der Waals surface area contributed by atoms with Gasteiger partial charge in [0.25, 0.3) is 0 Å². The van der Waals surface area contributed by atoms with Gasteiger partial charge in [0.05, 0.1) is 12.0 Å². The van der Waals surface area contributed by atoms with E-state index in [0.29, 0.717) is 6.54 Å². The first-order valence-electron chi connectivity index (χ1n) is 7.59. The number of furan rings is 1. The van der Waals surface area contributed by atoms with Crippen LogP contribution in [0.15, 0.2) is 47.2 Å². The van der Waals surface area contributed by atoms with Gasteiger partial charge in [0.2, 0.25) is 5.91 Å². The molecule has 0 N–H and O–H groups in total. The van der Waals surface area contributed by atoms with E-state index in [1.54, 1.807) is 12.5 Å². The van der Waals surface area contributed by atoms with Crippen molar-refractivity contribution in [3.05, 3.63) is 42.8 Å². The molecule has 0 saturated carbocycles. The average Bonchev–Trinajstić information content (AvgIpc) is 3.28. The molecule has 0 atom stereocenters. The number of fused-ring (bicyclic) bond motifs is 1. The third-order valence-electron chi connectivity index (χ3n) is 4.18. The Kier molecular flexibility index (Phi) is 4.39. The summed E-state index contributed by atoms with van der Waals surface area (Å²) in [4.78, 5) is 18.9. The lowest BCUT2D eigenvalue weighted by atomic mass is 10.3. The zero-order chi connectivity index (χ0) is 14.9. The van der Waals surface area contributed by atoms with Crippen LogP contribution in [0.2, 0.25) is 0 Å². The van der Waals surface area contributed by atoms with Gasteiger partial charge >= 0.3 is 0 Å². The molecule has 1 fully saturated rings. The molecule has 5 nitrogen and oxygen atoms in total. The van der Waals surface area contributed by atoms with Crippen LogP contribution in [0.3, 0.4) is 0 Å². The van der Waals surface area contributed by atoms with E-state index in [0.717, 1.165) is 48.4 Å². The zero-order valence-electron chi connectivity index (χ0n) is 12.6. The molecule has 0 spiro atoms. The minimum atomic E-state index is 0. The van der Waals surface area contributed by atoms with Crippen LogP contribution in [0.25, 0.3) is 22.5 Å². The molecular weight excluding hydrogens is 314 g/mol. The monoisotopic (exact) mass is 331 g/mol. The minimum Gasteiger partial charge on any atom is -0.463 e. The van der Waals surface area contributed by atoms with E-state index in [1.807, 2.05) is 39.8 Å². The summed E-state index contributed by atoms with van der Waals surface area (Å²) in [6.07, 6.45) is 5.60. The van der Waals surface area contributed by atoms with Crippen LogP contribution in [0, 0.1) is 0 Å². The first kappa shape index (κ1) is 15.6. The van der Waals surface area contributed by atoms with Crippen molar-refractivity contribution in [3.8, 4) is 11.5 Å². The van der Waals surface area contributed by atoms with Crippen LogP contribution >= 0.6 is 12.4 Å². The van der Waals surface area contributed by atoms with Crippen molar-refractivity contribution in [1.29, 1.82) is 0 Å². The summed E-state index contributed by atoms with van der Waals surface area (Å²) in [7, 11) is 0. The molecule has 1 aliphatic heterocycles. The lowest BCUT2D eigenvalue weighted by Crippen LogP contribution is -2.31. The minimum absolute atomic E-state index is 0. The Morgan fingerprint density at radius 2 is 2.04 bits per heavy atom. The van der Waals surface area contributed by atoms with Crippen LogP contribution in [0.1, 0.15) is 12.8 Å². The summed E-state index contributed by atoms with van der Waals surface area (Å²) in [5.74, 6) is 0.903. The van der Waals surface area contributed by atoms with Crippen molar-refractivity contribution >= 4 is 29.3 Å². The van der Waals surface area contributed by atoms with Gasteiger partial charge in [0.15, 0.2) is 0 Å². The molecule has 0 aliphatic carbocycles. The quantitative estimate of drug-likeness (QED) is 0.739. The second-order valence-electron chi connectivity index (χ2n) is 5.60. The predicted molar refractivity (Wildman–Crippen MR) is 90.5 cm³/mol. The summed E-state index contributed by atoms with van der Waals surface area (Å²) < 4.78 is 7.48. The van der Waals surface area contributed by atoms with E-state index >= 15 is 0 Å². The fourth-order valence-corrected chi connectivity index (χ4v) is 3.08. The molecule has 120 valence electrons. The maximum Gasteiger partial charge on any atom is 0.242 e. The number of rotatable bonds is 3. The van der Waals surface area contributed by atoms with E-state index in [4.69, 9.17) is 4.42 Å². The molecule has 0 bridgehead atoms. The van der Waals surface area contributed by atoms with Gasteiger partial charge in [-0.15, -0.1) is 12.4 Å².